The summed E-state index contributed by atoms with van der Waals surface area (Å²) < 4.78 is 0. The van der Waals surface area contributed by atoms with Gasteiger partial charge >= 0.3 is 0 Å². The van der Waals surface area contributed by atoms with E-state index < -0.39 is 12.2 Å². The second-order valence-electron chi connectivity index (χ2n) is 4.22. The maximum Gasteiger partial charge on any atom is 0.0802 e. The van der Waals surface area contributed by atoms with E-state index in [1.807, 2.05) is 0 Å². The number of nitrogens with zero attached hydrogens (tertiary/aromatic N) is 2. The summed E-state index contributed by atoms with van der Waals surface area (Å²) in [5.74, 6) is 0.566. The number of β-amino-alcohol motifs (C(OH)–C–C–N with tert-alkyl or cyclic N) is 2. The molecule has 1 aliphatic rings. The molecule has 2 N–H and O–H groups in total. The molecule has 96 valence electrons. The highest BCUT2D eigenvalue weighted by atomic mass is 35.5. The second kappa shape index (κ2) is 7.69. The first-order chi connectivity index (χ1) is 7.65. The van der Waals surface area contributed by atoms with Gasteiger partial charge in [0.2, 0.25) is 0 Å². The third-order valence-electron chi connectivity index (χ3n) is 2.76. The Bertz CT molecular complexity index is 170. The van der Waals surface area contributed by atoms with Crippen LogP contribution in [0.4, 0.5) is 0 Å². The molecule has 0 saturated carbocycles. The van der Waals surface area contributed by atoms with Crippen molar-refractivity contribution in [2.45, 2.75) is 12.2 Å². The van der Waals surface area contributed by atoms with Crippen LogP contribution in [0.1, 0.15) is 0 Å². The second-order valence-corrected chi connectivity index (χ2v) is 4.83. The van der Waals surface area contributed by atoms with Crippen molar-refractivity contribution in [1.82, 2.24) is 9.80 Å². The molecule has 6 heteroatoms. The lowest BCUT2D eigenvalue weighted by Crippen LogP contribution is -2.50. The van der Waals surface area contributed by atoms with E-state index in [0.717, 1.165) is 26.2 Å². The summed E-state index contributed by atoms with van der Waals surface area (Å²) in [6.45, 7) is 4.89. The fourth-order valence-electron chi connectivity index (χ4n) is 1.85. The molecule has 4 nitrogen and oxygen atoms in total. The number of aliphatic hydroxyl groups excluding tert-OH is 2. The molecule has 1 aliphatic heterocycles. The van der Waals surface area contributed by atoms with Gasteiger partial charge in [0.1, 0.15) is 0 Å². The quantitative estimate of drug-likeness (QED) is 0.657. The largest absolute Gasteiger partial charge is 0.391 e. The molecule has 0 aromatic rings. The van der Waals surface area contributed by atoms with Crippen LogP contribution in [0, 0.1) is 0 Å². The molecule has 0 unspecified atom stereocenters. The highest BCUT2D eigenvalue weighted by Crippen LogP contribution is 2.04. The van der Waals surface area contributed by atoms with E-state index >= 15 is 0 Å². The molecular weight excluding hydrogens is 251 g/mol. The van der Waals surface area contributed by atoms with E-state index in [1.54, 1.807) is 0 Å². The maximum absolute atomic E-state index is 9.41. The summed E-state index contributed by atoms with van der Waals surface area (Å²) >= 11 is 11.1. The van der Waals surface area contributed by atoms with E-state index in [9.17, 15) is 10.2 Å². The van der Waals surface area contributed by atoms with Crippen LogP contribution in [0.25, 0.3) is 0 Å². The normalized spacial score (nSPS) is 23.2. The number of aliphatic hydroxyl groups is 2. The first-order valence-electron chi connectivity index (χ1n) is 5.58. The van der Waals surface area contributed by atoms with E-state index in [-0.39, 0.29) is 11.8 Å². The lowest BCUT2D eigenvalue weighted by molar-refractivity contribution is 0.0591. The summed E-state index contributed by atoms with van der Waals surface area (Å²) in [6, 6.07) is 0. The number of alkyl halides is 2. The highest BCUT2D eigenvalue weighted by Gasteiger charge is 2.20. The average Bonchev–Trinajstić information content (AvgIpc) is 2.31. The van der Waals surface area contributed by atoms with Crippen LogP contribution in [0.15, 0.2) is 0 Å². The minimum absolute atomic E-state index is 0.283. The standard InChI is InChI=1S/C10H20Cl2N2O2/c11-5-9(15)7-13-1-2-14(4-3-13)8-10(16)6-12/h9-10,15-16H,1-8H2/t9-,10-/m1/s1. The average molecular weight is 271 g/mol. The fraction of sp³-hybridized carbons (Fsp3) is 1.00. The van der Waals surface area contributed by atoms with Gasteiger partial charge in [0.05, 0.1) is 12.2 Å². The van der Waals surface area contributed by atoms with Crippen molar-refractivity contribution in [2.75, 3.05) is 51.0 Å². The Hall–Kier alpha value is 0.420. The smallest absolute Gasteiger partial charge is 0.0802 e. The van der Waals surface area contributed by atoms with E-state index in [2.05, 4.69) is 9.80 Å². The number of halogens is 2. The molecule has 0 bridgehead atoms. The van der Waals surface area contributed by atoms with Crippen LogP contribution in [0.3, 0.4) is 0 Å². The molecule has 0 radical (unpaired) electrons. The Kier molecular flexibility index (Phi) is 6.96. The Morgan fingerprint density at radius 1 is 0.812 bits per heavy atom. The molecule has 0 aromatic heterocycles. The Balaban J connectivity index is 2.18. The van der Waals surface area contributed by atoms with Crippen molar-refractivity contribution in [1.29, 1.82) is 0 Å². The summed E-state index contributed by atoms with van der Waals surface area (Å²) in [4.78, 5) is 4.38. The van der Waals surface area contributed by atoms with Crippen molar-refractivity contribution in [3.63, 3.8) is 0 Å². The lowest BCUT2D eigenvalue weighted by atomic mass is 10.2. The molecule has 0 amide bonds. The van der Waals surface area contributed by atoms with Gasteiger partial charge in [0, 0.05) is 51.0 Å². The van der Waals surface area contributed by atoms with Crippen molar-refractivity contribution < 1.29 is 10.2 Å². The molecule has 0 aliphatic carbocycles. The molecular formula is C10H20Cl2N2O2. The number of hydrogen-bond donors (Lipinski definition) is 2. The van der Waals surface area contributed by atoms with Crippen LogP contribution in [0.5, 0.6) is 0 Å². The Morgan fingerprint density at radius 2 is 1.12 bits per heavy atom. The van der Waals surface area contributed by atoms with Crippen molar-refractivity contribution in [3.05, 3.63) is 0 Å². The van der Waals surface area contributed by atoms with Crippen LogP contribution in [0.2, 0.25) is 0 Å². The van der Waals surface area contributed by atoms with Crippen LogP contribution < -0.4 is 0 Å². The Labute approximate surface area is 107 Å². The first-order valence-corrected chi connectivity index (χ1v) is 6.65. The first kappa shape index (κ1) is 14.5. The summed E-state index contributed by atoms with van der Waals surface area (Å²) in [5.41, 5.74) is 0. The third kappa shape index (κ3) is 5.17. The SMILES string of the molecule is O[C@H](CCl)CN1CCN(C[C@H](O)CCl)CC1. The number of hydrogen-bond acceptors (Lipinski definition) is 4. The van der Waals surface area contributed by atoms with Gasteiger partial charge in [-0.1, -0.05) is 0 Å². The minimum Gasteiger partial charge on any atom is -0.391 e. The number of piperazine rings is 1. The molecule has 16 heavy (non-hydrogen) atoms. The molecule has 2 atom stereocenters. The predicted molar refractivity (Wildman–Crippen MR) is 66.3 cm³/mol. The molecule has 1 saturated heterocycles. The minimum atomic E-state index is -0.443. The molecule has 1 heterocycles. The van der Waals surface area contributed by atoms with Gasteiger partial charge in [-0.3, -0.25) is 9.80 Å². The van der Waals surface area contributed by atoms with Crippen molar-refractivity contribution in [3.8, 4) is 0 Å². The molecule has 1 rings (SSSR count). The van der Waals surface area contributed by atoms with Crippen LogP contribution >= 0.6 is 23.2 Å². The fourth-order valence-corrected chi connectivity index (χ4v) is 2.04. The van der Waals surface area contributed by atoms with Gasteiger partial charge in [-0.15, -0.1) is 23.2 Å². The van der Waals surface area contributed by atoms with Gasteiger partial charge < -0.3 is 10.2 Å². The summed E-state index contributed by atoms with van der Waals surface area (Å²) in [6.07, 6.45) is -0.886. The summed E-state index contributed by atoms with van der Waals surface area (Å²) in [5, 5.41) is 18.8. The maximum atomic E-state index is 9.41. The molecule has 0 aromatic carbocycles. The predicted octanol–water partition coefficient (Wildman–Crippen LogP) is -0.197. The van der Waals surface area contributed by atoms with Crippen molar-refractivity contribution >= 4 is 23.2 Å². The topological polar surface area (TPSA) is 46.9 Å². The van der Waals surface area contributed by atoms with E-state index in [0.29, 0.717) is 13.1 Å². The van der Waals surface area contributed by atoms with Gasteiger partial charge in [-0.2, -0.15) is 0 Å². The zero-order chi connectivity index (χ0) is 12.0. The van der Waals surface area contributed by atoms with Crippen LogP contribution in [-0.2, 0) is 0 Å². The van der Waals surface area contributed by atoms with Gasteiger partial charge in [0.15, 0.2) is 0 Å². The third-order valence-corrected chi connectivity index (χ3v) is 3.47. The molecule has 1 fully saturated rings. The van der Waals surface area contributed by atoms with Gasteiger partial charge in [0.25, 0.3) is 0 Å². The van der Waals surface area contributed by atoms with Crippen LogP contribution in [-0.4, -0.2) is 83.2 Å². The van der Waals surface area contributed by atoms with Gasteiger partial charge in [-0.25, -0.2) is 0 Å². The van der Waals surface area contributed by atoms with E-state index in [4.69, 9.17) is 23.2 Å². The number of rotatable bonds is 6. The van der Waals surface area contributed by atoms with Gasteiger partial charge in [-0.05, 0) is 0 Å². The monoisotopic (exact) mass is 270 g/mol. The Morgan fingerprint density at radius 3 is 1.38 bits per heavy atom. The summed E-state index contributed by atoms with van der Waals surface area (Å²) in [7, 11) is 0. The zero-order valence-electron chi connectivity index (χ0n) is 9.36. The molecule has 0 spiro atoms. The zero-order valence-corrected chi connectivity index (χ0v) is 10.9. The highest BCUT2D eigenvalue weighted by molar-refractivity contribution is 6.18. The van der Waals surface area contributed by atoms with Crippen molar-refractivity contribution in [2.24, 2.45) is 0 Å². The lowest BCUT2D eigenvalue weighted by Gasteiger charge is -2.36. The van der Waals surface area contributed by atoms with E-state index in [1.165, 1.54) is 0 Å².